The topological polar surface area (TPSA) is 96.6 Å². The molecule has 1 unspecified atom stereocenters. The van der Waals surface area contributed by atoms with Crippen molar-refractivity contribution in [3.63, 3.8) is 0 Å². The Hall–Kier alpha value is -3.11. The number of aromatic nitrogens is 2. The number of nitrogens with zero attached hydrogens (tertiary/aromatic N) is 4. The molecule has 1 fully saturated rings. The summed E-state index contributed by atoms with van der Waals surface area (Å²) in [4.78, 5) is 14.8. The summed E-state index contributed by atoms with van der Waals surface area (Å²) in [5.41, 5.74) is 1.04. The molecule has 8 nitrogen and oxygen atoms in total. The number of sulfonamides is 1. The Morgan fingerprint density at radius 2 is 1.78 bits per heavy atom. The van der Waals surface area contributed by atoms with E-state index in [1.54, 1.807) is 17.0 Å². The van der Waals surface area contributed by atoms with Gasteiger partial charge in [0, 0.05) is 38.3 Å². The first-order valence-corrected chi connectivity index (χ1v) is 11.6. The summed E-state index contributed by atoms with van der Waals surface area (Å²) < 4.78 is 44.5. The van der Waals surface area contributed by atoms with E-state index in [0.717, 1.165) is 17.1 Å². The van der Waals surface area contributed by atoms with Crippen molar-refractivity contribution in [2.75, 3.05) is 27.2 Å². The summed E-state index contributed by atoms with van der Waals surface area (Å²) in [5.74, 6) is 0.113. The second-order valence-electron chi connectivity index (χ2n) is 7.85. The van der Waals surface area contributed by atoms with Crippen molar-refractivity contribution < 1.29 is 22.0 Å². The van der Waals surface area contributed by atoms with Crippen LogP contribution < -0.4 is 0 Å². The van der Waals surface area contributed by atoms with E-state index in [9.17, 15) is 17.6 Å². The maximum absolute atomic E-state index is 13.1. The minimum Gasteiger partial charge on any atom is -0.420 e. The Balaban J connectivity index is 1.47. The monoisotopic (exact) mass is 458 g/mol. The van der Waals surface area contributed by atoms with E-state index in [1.807, 2.05) is 0 Å². The zero-order valence-electron chi connectivity index (χ0n) is 17.7. The number of benzene rings is 2. The van der Waals surface area contributed by atoms with Gasteiger partial charge in [0.1, 0.15) is 5.82 Å². The van der Waals surface area contributed by atoms with Gasteiger partial charge in [-0.25, -0.2) is 17.1 Å². The van der Waals surface area contributed by atoms with Gasteiger partial charge in [-0.15, -0.1) is 10.2 Å². The zero-order chi connectivity index (χ0) is 22.9. The molecule has 1 atom stereocenters. The highest BCUT2D eigenvalue weighted by molar-refractivity contribution is 7.89. The Kier molecular flexibility index (Phi) is 6.07. The largest absolute Gasteiger partial charge is 0.420 e. The lowest BCUT2D eigenvalue weighted by molar-refractivity contribution is 0.0698. The van der Waals surface area contributed by atoms with Crippen LogP contribution in [0.2, 0.25) is 0 Å². The highest BCUT2D eigenvalue weighted by atomic mass is 32.2. The Bertz CT molecular complexity index is 1210. The SMILES string of the molecule is CN(C)S(=O)(=O)c1ccc(C(=O)N2CCCC(c3nnc(-c4ccc(F)cc4)o3)C2)cc1. The summed E-state index contributed by atoms with van der Waals surface area (Å²) in [5, 5.41) is 8.20. The molecule has 1 amide bonds. The van der Waals surface area contributed by atoms with Crippen LogP contribution in [0.5, 0.6) is 0 Å². The van der Waals surface area contributed by atoms with Crippen LogP contribution in [0.3, 0.4) is 0 Å². The van der Waals surface area contributed by atoms with Crippen LogP contribution in [-0.2, 0) is 10.0 Å². The molecule has 0 aliphatic carbocycles. The normalized spacial score (nSPS) is 17.0. The number of hydrogen-bond donors (Lipinski definition) is 0. The number of hydrogen-bond acceptors (Lipinski definition) is 6. The Morgan fingerprint density at radius 1 is 1.09 bits per heavy atom. The molecule has 0 spiro atoms. The van der Waals surface area contributed by atoms with Crippen molar-refractivity contribution in [3.05, 3.63) is 65.8 Å². The minimum atomic E-state index is -3.55. The fraction of sp³-hybridized carbons (Fsp3) is 0.318. The fourth-order valence-electron chi connectivity index (χ4n) is 3.63. The molecule has 0 N–H and O–H groups in total. The van der Waals surface area contributed by atoms with Crippen molar-refractivity contribution in [1.29, 1.82) is 0 Å². The molecule has 4 rings (SSSR count). The van der Waals surface area contributed by atoms with E-state index >= 15 is 0 Å². The first kappa shape index (κ1) is 22.1. The molecule has 1 saturated heterocycles. The lowest BCUT2D eigenvalue weighted by Gasteiger charge is -2.31. The van der Waals surface area contributed by atoms with E-state index in [2.05, 4.69) is 10.2 Å². The number of rotatable bonds is 5. The molecule has 3 aromatic rings. The van der Waals surface area contributed by atoms with Crippen molar-refractivity contribution >= 4 is 15.9 Å². The van der Waals surface area contributed by atoms with Gasteiger partial charge in [0.2, 0.25) is 21.8 Å². The molecule has 0 bridgehead atoms. The summed E-state index contributed by atoms with van der Waals surface area (Å²) in [6, 6.07) is 11.7. The van der Waals surface area contributed by atoms with Gasteiger partial charge in [-0.3, -0.25) is 4.79 Å². The van der Waals surface area contributed by atoms with Crippen molar-refractivity contribution in [3.8, 4) is 11.5 Å². The van der Waals surface area contributed by atoms with Crippen LogP contribution in [0.15, 0.2) is 57.8 Å². The molecule has 2 heterocycles. The number of likely N-dealkylation sites (tertiary alicyclic amines) is 1. The van der Waals surface area contributed by atoms with E-state index < -0.39 is 10.0 Å². The van der Waals surface area contributed by atoms with Gasteiger partial charge >= 0.3 is 0 Å². The Morgan fingerprint density at radius 3 is 2.44 bits per heavy atom. The second kappa shape index (κ2) is 8.79. The van der Waals surface area contributed by atoms with Crippen LogP contribution in [0.1, 0.15) is 35.0 Å². The molecular formula is C22H23FN4O4S. The fourth-order valence-corrected chi connectivity index (χ4v) is 4.54. The lowest BCUT2D eigenvalue weighted by Crippen LogP contribution is -2.39. The molecule has 32 heavy (non-hydrogen) atoms. The van der Waals surface area contributed by atoms with Crippen LogP contribution in [0.4, 0.5) is 4.39 Å². The number of halogens is 1. The number of amides is 1. The standard InChI is InChI=1S/C22H23FN4O4S/c1-26(2)32(29,30)19-11-7-16(8-12-19)22(28)27-13-3-4-17(14-27)21-25-24-20(31-21)15-5-9-18(23)10-6-15/h5-12,17H,3-4,13-14H2,1-2H3. The molecule has 168 valence electrons. The van der Waals surface area contributed by atoms with Gasteiger partial charge in [-0.05, 0) is 61.4 Å². The number of piperidine rings is 1. The molecule has 1 aliphatic rings. The van der Waals surface area contributed by atoms with E-state index in [-0.39, 0.29) is 22.5 Å². The van der Waals surface area contributed by atoms with Crippen LogP contribution in [0.25, 0.3) is 11.5 Å². The predicted molar refractivity (Wildman–Crippen MR) is 115 cm³/mol. The van der Waals surface area contributed by atoms with Crippen LogP contribution >= 0.6 is 0 Å². The molecular weight excluding hydrogens is 435 g/mol. The Labute approximate surface area is 185 Å². The zero-order valence-corrected chi connectivity index (χ0v) is 18.5. The third-order valence-corrected chi connectivity index (χ3v) is 7.30. The summed E-state index contributed by atoms with van der Waals surface area (Å²) in [6.45, 7) is 1.01. The van der Waals surface area contributed by atoms with Gasteiger partial charge in [0.15, 0.2) is 0 Å². The lowest BCUT2D eigenvalue weighted by atomic mass is 9.97. The number of carbonyl (C=O) groups is 1. The highest BCUT2D eigenvalue weighted by Crippen LogP contribution is 2.29. The van der Waals surface area contributed by atoms with Crippen molar-refractivity contribution in [1.82, 2.24) is 19.4 Å². The third kappa shape index (κ3) is 4.42. The smallest absolute Gasteiger partial charge is 0.253 e. The van der Waals surface area contributed by atoms with E-state index in [0.29, 0.717) is 36.0 Å². The van der Waals surface area contributed by atoms with Crippen LogP contribution in [-0.4, -0.2) is 60.9 Å². The molecule has 0 radical (unpaired) electrons. The molecule has 2 aromatic carbocycles. The summed E-state index contributed by atoms with van der Waals surface area (Å²) in [6.07, 6.45) is 1.58. The summed E-state index contributed by atoms with van der Waals surface area (Å²) >= 11 is 0. The third-order valence-electron chi connectivity index (χ3n) is 5.47. The summed E-state index contributed by atoms with van der Waals surface area (Å²) in [7, 11) is -0.633. The molecule has 1 aliphatic heterocycles. The minimum absolute atomic E-state index is 0.109. The average Bonchev–Trinajstić information content (AvgIpc) is 3.29. The predicted octanol–water partition coefficient (Wildman–Crippen LogP) is 3.15. The first-order valence-electron chi connectivity index (χ1n) is 10.2. The van der Waals surface area contributed by atoms with Gasteiger partial charge < -0.3 is 9.32 Å². The average molecular weight is 459 g/mol. The van der Waals surface area contributed by atoms with Gasteiger partial charge in [-0.2, -0.15) is 0 Å². The van der Waals surface area contributed by atoms with Gasteiger partial charge in [0.25, 0.3) is 5.91 Å². The number of carbonyl (C=O) groups excluding carboxylic acids is 1. The van der Waals surface area contributed by atoms with Gasteiger partial charge in [0.05, 0.1) is 10.8 Å². The van der Waals surface area contributed by atoms with Crippen LogP contribution in [0, 0.1) is 5.82 Å². The quantitative estimate of drug-likeness (QED) is 0.583. The second-order valence-corrected chi connectivity index (χ2v) is 10.0. The maximum atomic E-state index is 13.1. The molecule has 1 aromatic heterocycles. The highest BCUT2D eigenvalue weighted by Gasteiger charge is 2.29. The molecule has 10 heteroatoms. The first-order chi connectivity index (χ1) is 15.3. The molecule has 0 saturated carbocycles. The van der Waals surface area contributed by atoms with E-state index in [4.69, 9.17) is 4.42 Å². The van der Waals surface area contributed by atoms with Crippen molar-refractivity contribution in [2.24, 2.45) is 0 Å². The van der Waals surface area contributed by atoms with Gasteiger partial charge in [-0.1, -0.05) is 0 Å². The van der Waals surface area contributed by atoms with Crippen molar-refractivity contribution in [2.45, 2.75) is 23.7 Å². The maximum Gasteiger partial charge on any atom is 0.253 e. The van der Waals surface area contributed by atoms with E-state index in [1.165, 1.54) is 50.5 Å².